The smallest absolute Gasteiger partial charge is 0.318 e. The van der Waals surface area contributed by atoms with Gasteiger partial charge in [-0.25, -0.2) is 0 Å². The summed E-state index contributed by atoms with van der Waals surface area (Å²) in [4.78, 5) is 29.3. The Morgan fingerprint density at radius 2 is 1.78 bits per heavy atom. The third-order valence-corrected chi connectivity index (χ3v) is 7.57. The number of fused-ring (bicyclic) bond motifs is 1. The van der Waals surface area contributed by atoms with Gasteiger partial charge in [0.15, 0.2) is 0 Å². The number of esters is 1. The van der Waals surface area contributed by atoms with Gasteiger partial charge >= 0.3 is 5.97 Å². The number of hydrogen-bond donors (Lipinski definition) is 0. The first-order valence-electron chi connectivity index (χ1n) is 12.3. The molecule has 1 saturated heterocycles. The van der Waals surface area contributed by atoms with Crippen molar-refractivity contribution < 1.29 is 23.8 Å². The molecule has 2 aliphatic rings. The lowest BCUT2D eigenvalue weighted by Gasteiger charge is -2.31. The number of piperidine rings is 1. The number of nitrogens with zero attached hydrogens (tertiary/aromatic N) is 1. The van der Waals surface area contributed by atoms with Crippen LogP contribution in [-0.4, -0.2) is 37.0 Å². The van der Waals surface area contributed by atoms with E-state index in [1.165, 1.54) is 0 Å². The Hall–Kier alpha value is -3.03. The first-order chi connectivity index (χ1) is 17.9. The lowest BCUT2D eigenvalue weighted by molar-refractivity contribution is -0.163. The number of ether oxygens (including phenoxy) is 3. The van der Waals surface area contributed by atoms with Crippen molar-refractivity contribution in [1.82, 2.24) is 4.90 Å². The second-order valence-corrected chi connectivity index (χ2v) is 10.6. The average molecular weight is 585 g/mol. The number of rotatable bonds is 6. The summed E-state index contributed by atoms with van der Waals surface area (Å²) in [5.74, 6) is -0.226. The van der Waals surface area contributed by atoms with Crippen LogP contribution in [0.4, 0.5) is 0 Å². The molecule has 6 nitrogen and oxygen atoms in total. The zero-order chi connectivity index (χ0) is 25.9. The molecule has 37 heavy (non-hydrogen) atoms. The van der Waals surface area contributed by atoms with E-state index >= 15 is 0 Å². The molecule has 192 valence electrons. The van der Waals surface area contributed by atoms with Crippen LogP contribution in [0.2, 0.25) is 5.02 Å². The summed E-state index contributed by atoms with van der Waals surface area (Å²) in [6.45, 7) is 1.29. The van der Waals surface area contributed by atoms with Gasteiger partial charge in [0.05, 0.1) is 7.11 Å². The topological polar surface area (TPSA) is 65.1 Å². The average Bonchev–Trinajstić information content (AvgIpc) is 3.30. The Balaban J connectivity index is 1.50. The molecule has 8 heteroatoms. The molecule has 0 bridgehead atoms. The van der Waals surface area contributed by atoms with Gasteiger partial charge in [0.25, 0.3) is 5.91 Å². The normalized spacial score (nSPS) is 19.5. The minimum Gasteiger partial charge on any atom is -0.497 e. The minimum atomic E-state index is -1.10. The Kier molecular flexibility index (Phi) is 7.72. The highest BCUT2D eigenvalue weighted by Crippen LogP contribution is 2.48. The molecule has 0 aliphatic carbocycles. The predicted molar refractivity (Wildman–Crippen MR) is 144 cm³/mol. The van der Waals surface area contributed by atoms with E-state index in [0.717, 1.165) is 29.3 Å². The summed E-state index contributed by atoms with van der Waals surface area (Å²) in [5.41, 5.74) is 2.05. The molecule has 1 amide bonds. The molecule has 0 N–H and O–H groups in total. The molecule has 0 radical (unpaired) electrons. The van der Waals surface area contributed by atoms with Crippen LogP contribution in [0.15, 0.2) is 71.2 Å². The number of amides is 1. The van der Waals surface area contributed by atoms with Gasteiger partial charge in [0.1, 0.15) is 23.5 Å². The molecular formula is C29H27BrClNO5. The molecule has 2 aliphatic heterocycles. The molecule has 0 spiro atoms. The van der Waals surface area contributed by atoms with Gasteiger partial charge in [-0.15, -0.1) is 0 Å². The van der Waals surface area contributed by atoms with Gasteiger partial charge in [0.2, 0.25) is 6.10 Å². The Morgan fingerprint density at radius 1 is 1.03 bits per heavy atom. The molecule has 0 saturated carbocycles. The summed E-state index contributed by atoms with van der Waals surface area (Å²) >= 11 is 9.76. The Labute approximate surface area is 229 Å². The van der Waals surface area contributed by atoms with Crippen LogP contribution in [0, 0.1) is 0 Å². The number of benzene rings is 3. The van der Waals surface area contributed by atoms with E-state index in [1.54, 1.807) is 36.3 Å². The standard InChI is InChI=1S/C29H27BrClNO5/c1-35-22-11-8-18(9-12-22)26-25(23-17-20(30)10-13-24(23)36-26)29(34)37-27(19-6-5-7-21(31)16-19)28(33)32-14-3-2-4-15-32/h5-13,16-17,25-27H,2-4,14-15H2,1H3/t25-,26+,27-/m1/s1. The van der Waals surface area contributed by atoms with E-state index in [0.29, 0.717) is 40.7 Å². The van der Waals surface area contributed by atoms with Crippen LogP contribution in [-0.2, 0) is 14.3 Å². The van der Waals surface area contributed by atoms with Crippen molar-refractivity contribution in [1.29, 1.82) is 0 Å². The lowest BCUT2D eigenvalue weighted by atomic mass is 9.91. The van der Waals surface area contributed by atoms with Crippen molar-refractivity contribution >= 4 is 39.4 Å². The van der Waals surface area contributed by atoms with Crippen molar-refractivity contribution in [2.24, 2.45) is 0 Å². The molecule has 0 aromatic heterocycles. The molecule has 0 unspecified atom stereocenters. The second-order valence-electron chi connectivity index (χ2n) is 9.23. The van der Waals surface area contributed by atoms with Crippen LogP contribution < -0.4 is 9.47 Å². The quantitative estimate of drug-likeness (QED) is 0.305. The van der Waals surface area contributed by atoms with Crippen LogP contribution in [0.1, 0.15) is 54.1 Å². The van der Waals surface area contributed by atoms with Gasteiger partial charge in [-0.2, -0.15) is 0 Å². The van der Waals surface area contributed by atoms with E-state index in [9.17, 15) is 9.59 Å². The van der Waals surface area contributed by atoms with Crippen molar-refractivity contribution in [3.05, 3.63) is 92.9 Å². The predicted octanol–water partition coefficient (Wildman–Crippen LogP) is 6.63. The van der Waals surface area contributed by atoms with Crippen LogP contribution >= 0.6 is 27.5 Å². The summed E-state index contributed by atoms with van der Waals surface area (Å²) in [7, 11) is 1.60. The third kappa shape index (κ3) is 5.48. The van der Waals surface area contributed by atoms with Gasteiger partial charge in [-0.1, -0.05) is 51.8 Å². The lowest BCUT2D eigenvalue weighted by Crippen LogP contribution is -2.40. The van der Waals surface area contributed by atoms with Crippen LogP contribution in [0.3, 0.4) is 0 Å². The maximum absolute atomic E-state index is 13.9. The summed E-state index contributed by atoms with van der Waals surface area (Å²) in [6.07, 6.45) is 1.23. The first kappa shape index (κ1) is 25.6. The Bertz CT molecular complexity index is 1290. The van der Waals surface area contributed by atoms with Crippen molar-refractivity contribution in [3.8, 4) is 11.5 Å². The van der Waals surface area contributed by atoms with Gasteiger partial charge in [-0.3, -0.25) is 9.59 Å². The number of likely N-dealkylation sites (tertiary alicyclic amines) is 1. The van der Waals surface area contributed by atoms with Gasteiger partial charge in [-0.05, 0) is 67.3 Å². The summed E-state index contributed by atoms with van der Waals surface area (Å²) in [6, 6.07) is 19.9. The molecule has 3 aromatic carbocycles. The largest absolute Gasteiger partial charge is 0.497 e. The fourth-order valence-electron chi connectivity index (χ4n) is 4.94. The van der Waals surface area contributed by atoms with E-state index < -0.39 is 24.1 Å². The van der Waals surface area contributed by atoms with E-state index in [4.69, 9.17) is 25.8 Å². The number of hydrogen-bond acceptors (Lipinski definition) is 5. The number of carbonyl (C=O) groups is 2. The molecule has 1 fully saturated rings. The first-order valence-corrected chi connectivity index (χ1v) is 13.5. The van der Waals surface area contributed by atoms with Gasteiger partial charge in [0, 0.05) is 33.7 Å². The fraction of sp³-hybridized carbons (Fsp3) is 0.310. The third-order valence-electron chi connectivity index (χ3n) is 6.84. The van der Waals surface area contributed by atoms with E-state index in [2.05, 4.69) is 15.9 Å². The van der Waals surface area contributed by atoms with Crippen molar-refractivity contribution in [2.75, 3.05) is 20.2 Å². The van der Waals surface area contributed by atoms with Gasteiger partial charge < -0.3 is 19.1 Å². The highest BCUT2D eigenvalue weighted by Gasteiger charge is 2.44. The number of halogens is 2. The number of carbonyl (C=O) groups excluding carboxylic acids is 2. The van der Waals surface area contributed by atoms with Crippen molar-refractivity contribution in [2.45, 2.75) is 37.4 Å². The monoisotopic (exact) mass is 583 g/mol. The fourth-order valence-corrected chi connectivity index (χ4v) is 5.52. The summed E-state index contributed by atoms with van der Waals surface area (Å²) < 4.78 is 18.4. The SMILES string of the molecule is COc1ccc([C@@H]2Oc3ccc(Br)cc3[C@H]2C(=O)O[C@@H](C(=O)N2CCCCC2)c2cccc(Cl)c2)cc1. The molecule has 3 atom stereocenters. The molecule has 2 heterocycles. The molecular weight excluding hydrogens is 558 g/mol. The zero-order valence-electron chi connectivity index (χ0n) is 20.4. The van der Waals surface area contributed by atoms with Crippen LogP contribution in [0.25, 0.3) is 0 Å². The zero-order valence-corrected chi connectivity index (χ0v) is 22.7. The highest BCUT2D eigenvalue weighted by atomic mass is 79.9. The molecule has 5 rings (SSSR count). The maximum atomic E-state index is 13.9. The van der Waals surface area contributed by atoms with E-state index in [-0.39, 0.29) is 5.91 Å². The highest BCUT2D eigenvalue weighted by molar-refractivity contribution is 9.10. The second kappa shape index (κ2) is 11.2. The maximum Gasteiger partial charge on any atom is 0.318 e. The van der Waals surface area contributed by atoms with Crippen LogP contribution in [0.5, 0.6) is 11.5 Å². The summed E-state index contributed by atoms with van der Waals surface area (Å²) in [5, 5.41) is 0.472. The molecule has 3 aromatic rings. The van der Waals surface area contributed by atoms with Crippen molar-refractivity contribution in [3.63, 3.8) is 0 Å². The number of methoxy groups -OCH3 is 1. The van der Waals surface area contributed by atoms with E-state index in [1.807, 2.05) is 42.5 Å². The Morgan fingerprint density at radius 3 is 2.49 bits per heavy atom. The minimum absolute atomic E-state index is 0.232.